The van der Waals surface area contributed by atoms with Crippen LogP contribution >= 0.6 is 0 Å². The largest absolute Gasteiger partial charge is 0.359 e. The SMILES string of the molecule is c1ccc(-c2ccc3c(c2)[I+]c2ccccc2-3)cc1. The van der Waals surface area contributed by atoms with Crippen molar-refractivity contribution in [2.45, 2.75) is 0 Å². The van der Waals surface area contributed by atoms with Crippen LogP contribution in [-0.4, -0.2) is 0 Å². The van der Waals surface area contributed by atoms with E-state index in [4.69, 9.17) is 0 Å². The van der Waals surface area contributed by atoms with Crippen LogP contribution in [0.15, 0.2) is 72.8 Å². The summed E-state index contributed by atoms with van der Waals surface area (Å²) < 4.78 is 3.11. The average Bonchev–Trinajstić information content (AvgIpc) is 2.86. The van der Waals surface area contributed by atoms with Crippen molar-refractivity contribution >= 4 is 0 Å². The summed E-state index contributed by atoms with van der Waals surface area (Å²) in [5.74, 6) is 0. The van der Waals surface area contributed by atoms with Crippen molar-refractivity contribution in [1.82, 2.24) is 0 Å². The summed E-state index contributed by atoms with van der Waals surface area (Å²) in [4.78, 5) is 0. The molecule has 3 aromatic rings. The smallest absolute Gasteiger partial charge is 0.0622 e. The molecule has 0 atom stereocenters. The van der Waals surface area contributed by atoms with Gasteiger partial charge in [0.25, 0.3) is 0 Å². The second kappa shape index (κ2) is 4.49. The van der Waals surface area contributed by atoms with E-state index in [9.17, 15) is 0 Å². The normalized spacial score (nSPS) is 12.0. The van der Waals surface area contributed by atoms with Gasteiger partial charge < -0.3 is 0 Å². The summed E-state index contributed by atoms with van der Waals surface area (Å²) >= 11 is -0.00595. The quantitative estimate of drug-likeness (QED) is 0.454. The van der Waals surface area contributed by atoms with Crippen LogP contribution in [0.25, 0.3) is 22.3 Å². The van der Waals surface area contributed by atoms with Crippen LogP contribution in [0.1, 0.15) is 0 Å². The Bertz CT molecular complexity index is 745. The van der Waals surface area contributed by atoms with Gasteiger partial charge in [-0.05, 0) is 29.3 Å². The van der Waals surface area contributed by atoms with Crippen molar-refractivity contribution in [2.75, 3.05) is 0 Å². The van der Waals surface area contributed by atoms with Gasteiger partial charge in [-0.3, -0.25) is 0 Å². The monoisotopic (exact) mass is 355 g/mol. The molecule has 19 heavy (non-hydrogen) atoms. The molecule has 0 aromatic heterocycles. The Kier molecular flexibility index (Phi) is 2.66. The molecule has 90 valence electrons. The highest BCUT2D eigenvalue weighted by molar-refractivity contribution is 5.71. The molecule has 0 fully saturated rings. The fourth-order valence-electron chi connectivity index (χ4n) is 2.49. The van der Waals surface area contributed by atoms with E-state index in [-0.39, 0.29) is 21.2 Å². The lowest BCUT2D eigenvalue weighted by atomic mass is 10.0. The van der Waals surface area contributed by atoms with Crippen LogP contribution in [0, 0.1) is 7.14 Å². The van der Waals surface area contributed by atoms with Gasteiger partial charge in [-0.1, -0.05) is 48.5 Å². The third kappa shape index (κ3) is 1.89. The maximum atomic E-state index is 2.39. The molecule has 1 aliphatic rings. The molecule has 1 aliphatic heterocycles. The number of hydrogen-bond acceptors (Lipinski definition) is 0. The number of fused-ring (bicyclic) bond motifs is 3. The number of halogens is 1. The zero-order valence-electron chi connectivity index (χ0n) is 10.3. The molecule has 3 aromatic carbocycles. The molecule has 1 heteroatoms. The molecule has 0 spiro atoms. The zero-order chi connectivity index (χ0) is 12.7. The van der Waals surface area contributed by atoms with Gasteiger partial charge in [-0.15, -0.1) is 0 Å². The minimum Gasteiger partial charge on any atom is -0.0622 e. The fourth-order valence-corrected chi connectivity index (χ4v) is 5.52. The molecule has 0 nitrogen and oxygen atoms in total. The lowest BCUT2D eigenvalue weighted by molar-refractivity contribution is -0.589. The Hall–Kier alpha value is -1.61. The van der Waals surface area contributed by atoms with Gasteiger partial charge >= 0.3 is 21.2 Å². The minimum atomic E-state index is -0.00595. The van der Waals surface area contributed by atoms with E-state index in [0.717, 1.165) is 0 Å². The molecular formula is C18H12I+. The van der Waals surface area contributed by atoms with Crippen LogP contribution in [-0.2, 0) is 0 Å². The van der Waals surface area contributed by atoms with E-state index in [1.54, 1.807) is 7.14 Å². The molecule has 0 aliphatic carbocycles. The average molecular weight is 355 g/mol. The van der Waals surface area contributed by atoms with Crippen molar-refractivity contribution in [3.8, 4) is 22.3 Å². The molecule has 0 bridgehead atoms. The molecule has 0 amide bonds. The van der Waals surface area contributed by atoms with E-state index < -0.39 is 0 Å². The summed E-state index contributed by atoms with van der Waals surface area (Å²) in [7, 11) is 0. The van der Waals surface area contributed by atoms with Gasteiger partial charge in [0, 0.05) is 17.2 Å². The molecule has 4 rings (SSSR count). The Labute approximate surface area is 123 Å². The topological polar surface area (TPSA) is 0 Å². The summed E-state index contributed by atoms with van der Waals surface area (Å²) in [6.07, 6.45) is 0. The number of hydrogen-bond donors (Lipinski definition) is 0. The Balaban J connectivity index is 1.84. The lowest BCUT2D eigenvalue weighted by Gasteiger charge is -2.01. The highest BCUT2D eigenvalue weighted by Crippen LogP contribution is 2.26. The molecule has 0 N–H and O–H groups in total. The Morgan fingerprint density at radius 2 is 1.26 bits per heavy atom. The molecule has 0 unspecified atom stereocenters. The van der Waals surface area contributed by atoms with Crippen molar-refractivity contribution < 1.29 is 21.2 Å². The maximum absolute atomic E-state index is 2.39. The first kappa shape index (κ1) is 11.2. The van der Waals surface area contributed by atoms with E-state index in [2.05, 4.69) is 72.8 Å². The van der Waals surface area contributed by atoms with E-state index in [0.29, 0.717) is 0 Å². The highest BCUT2D eigenvalue weighted by atomic mass is 127. The van der Waals surface area contributed by atoms with Gasteiger partial charge in [0.05, 0.1) is 0 Å². The molecular weight excluding hydrogens is 343 g/mol. The van der Waals surface area contributed by atoms with Crippen LogP contribution in [0.2, 0.25) is 0 Å². The molecule has 0 radical (unpaired) electrons. The number of rotatable bonds is 1. The number of benzene rings is 3. The third-order valence-corrected chi connectivity index (χ3v) is 6.44. The summed E-state index contributed by atoms with van der Waals surface area (Å²) in [5.41, 5.74) is 5.55. The maximum Gasteiger partial charge on any atom is 0.359 e. The van der Waals surface area contributed by atoms with Crippen molar-refractivity contribution in [3.05, 3.63) is 79.9 Å². The van der Waals surface area contributed by atoms with E-state index in [1.807, 2.05) is 0 Å². The summed E-state index contributed by atoms with van der Waals surface area (Å²) in [6.45, 7) is 0. The molecule has 0 saturated heterocycles. The van der Waals surface area contributed by atoms with Gasteiger partial charge in [0.1, 0.15) is 0 Å². The van der Waals surface area contributed by atoms with Gasteiger partial charge in [-0.25, -0.2) is 0 Å². The van der Waals surface area contributed by atoms with Crippen LogP contribution in [0.5, 0.6) is 0 Å². The van der Waals surface area contributed by atoms with Gasteiger partial charge in [0.2, 0.25) is 7.14 Å². The predicted octanol–water partition coefficient (Wildman–Crippen LogP) is 1.46. The minimum absolute atomic E-state index is 0.00595. The first-order chi connectivity index (χ1) is 9.42. The first-order valence-electron chi connectivity index (χ1n) is 6.35. The van der Waals surface area contributed by atoms with E-state index >= 15 is 0 Å². The van der Waals surface area contributed by atoms with Gasteiger partial charge in [0.15, 0.2) is 0 Å². The highest BCUT2D eigenvalue weighted by Gasteiger charge is 2.32. The Morgan fingerprint density at radius 3 is 2.16 bits per heavy atom. The summed E-state index contributed by atoms with van der Waals surface area (Å²) in [6, 6.07) is 26.4. The van der Waals surface area contributed by atoms with Crippen molar-refractivity contribution in [1.29, 1.82) is 0 Å². The fraction of sp³-hybridized carbons (Fsp3) is 0. The second-order valence-electron chi connectivity index (χ2n) is 4.63. The van der Waals surface area contributed by atoms with E-state index in [1.165, 1.54) is 22.3 Å². The summed E-state index contributed by atoms with van der Waals surface area (Å²) in [5, 5.41) is 0. The Morgan fingerprint density at radius 1 is 0.526 bits per heavy atom. The second-order valence-corrected chi connectivity index (χ2v) is 7.50. The third-order valence-electron chi connectivity index (χ3n) is 3.44. The van der Waals surface area contributed by atoms with Crippen molar-refractivity contribution in [2.24, 2.45) is 0 Å². The molecule has 0 saturated carbocycles. The van der Waals surface area contributed by atoms with Crippen LogP contribution in [0.4, 0.5) is 0 Å². The molecule has 1 heterocycles. The van der Waals surface area contributed by atoms with Crippen LogP contribution < -0.4 is 21.2 Å². The zero-order valence-corrected chi connectivity index (χ0v) is 12.5. The predicted molar refractivity (Wildman–Crippen MR) is 74.7 cm³/mol. The standard InChI is InChI=1S/C18H12I/c1-2-6-13(7-3-1)14-10-11-16-15-8-4-5-9-17(15)19-18(16)12-14/h1-12H/q+1. The lowest BCUT2D eigenvalue weighted by Crippen LogP contribution is -3.61. The van der Waals surface area contributed by atoms with Gasteiger partial charge in [-0.2, -0.15) is 0 Å². The first-order valence-corrected chi connectivity index (χ1v) is 8.51. The van der Waals surface area contributed by atoms with Crippen molar-refractivity contribution in [3.63, 3.8) is 0 Å². The van der Waals surface area contributed by atoms with Crippen LogP contribution in [0.3, 0.4) is 0 Å².